The van der Waals surface area contributed by atoms with E-state index in [4.69, 9.17) is 0 Å². The Labute approximate surface area is 115 Å². The third kappa shape index (κ3) is 4.00. The molecule has 0 spiro atoms. The van der Waals surface area contributed by atoms with Gasteiger partial charge in [0.05, 0.1) is 6.20 Å². The molecule has 1 aromatic heterocycles. The molecule has 1 aliphatic rings. The third-order valence-electron chi connectivity index (χ3n) is 4.24. The molecule has 19 heavy (non-hydrogen) atoms. The summed E-state index contributed by atoms with van der Waals surface area (Å²) in [7, 11) is 0. The van der Waals surface area contributed by atoms with Gasteiger partial charge < -0.3 is 5.32 Å². The van der Waals surface area contributed by atoms with E-state index >= 15 is 0 Å². The van der Waals surface area contributed by atoms with E-state index in [1.54, 1.807) is 6.07 Å². The van der Waals surface area contributed by atoms with Gasteiger partial charge in [0.1, 0.15) is 5.82 Å². The Hall–Kier alpha value is -0.960. The highest BCUT2D eigenvalue weighted by Gasteiger charge is 2.29. The number of nitrogens with zero attached hydrogens (tertiary/aromatic N) is 1. The van der Waals surface area contributed by atoms with Gasteiger partial charge in [0.2, 0.25) is 0 Å². The van der Waals surface area contributed by atoms with Crippen LogP contribution in [-0.2, 0) is 0 Å². The maximum atomic E-state index is 13.4. The molecular formula is C16H25FN2. The maximum Gasteiger partial charge on any atom is 0.141 e. The van der Waals surface area contributed by atoms with Crippen molar-refractivity contribution < 1.29 is 4.39 Å². The molecule has 2 nitrogen and oxygen atoms in total. The molecule has 3 unspecified atom stereocenters. The highest BCUT2D eigenvalue weighted by molar-refractivity contribution is 5.18. The Morgan fingerprint density at radius 2 is 2.21 bits per heavy atom. The van der Waals surface area contributed by atoms with Crippen molar-refractivity contribution >= 4 is 0 Å². The summed E-state index contributed by atoms with van der Waals surface area (Å²) in [6, 6.07) is 1.67. The lowest BCUT2D eigenvalue weighted by molar-refractivity contribution is 0.241. The van der Waals surface area contributed by atoms with Gasteiger partial charge in [0.25, 0.3) is 0 Å². The zero-order valence-corrected chi connectivity index (χ0v) is 12.0. The first-order valence-electron chi connectivity index (χ1n) is 7.51. The van der Waals surface area contributed by atoms with Crippen LogP contribution in [-0.4, -0.2) is 18.1 Å². The Kier molecular flexibility index (Phi) is 5.32. The number of aromatic nitrogens is 1. The zero-order chi connectivity index (χ0) is 13.7. The fourth-order valence-electron chi connectivity index (χ4n) is 3.19. The van der Waals surface area contributed by atoms with Crippen LogP contribution in [0.15, 0.2) is 18.5 Å². The molecule has 3 heteroatoms. The number of hydrogen-bond donors (Lipinski definition) is 1. The Morgan fingerprint density at radius 1 is 1.37 bits per heavy atom. The van der Waals surface area contributed by atoms with Crippen molar-refractivity contribution in [2.24, 2.45) is 11.8 Å². The average molecular weight is 264 g/mol. The van der Waals surface area contributed by atoms with Gasteiger partial charge in [-0.1, -0.05) is 20.3 Å². The molecule has 1 N–H and O–H groups in total. The lowest BCUT2D eigenvalue weighted by atomic mass is 9.72. The summed E-state index contributed by atoms with van der Waals surface area (Å²) < 4.78 is 13.4. The first-order chi connectivity index (χ1) is 9.20. The molecule has 0 aromatic carbocycles. The van der Waals surface area contributed by atoms with Gasteiger partial charge in [0.15, 0.2) is 0 Å². The third-order valence-corrected chi connectivity index (χ3v) is 4.24. The molecule has 0 aliphatic heterocycles. The van der Waals surface area contributed by atoms with Crippen LogP contribution in [0, 0.1) is 17.7 Å². The van der Waals surface area contributed by atoms with E-state index in [1.807, 2.05) is 6.20 Å². The molecule has 0 radical (unpaired) electrons. The van der Waals surface area contributed by atoms with E-state index in [0.29, 0.717) is 11.8 Å². The maximum absolute atomic E-state index is 13.4. The van der Waals surface area contributed by atoms with E-state index < -0.39 is 0 Å². The smallest absolute Gasteiger partial charge is 0.141 e. The predicted octanol–water partition coefficient (Wildman–Crippen LogP) is 3.74. The number of halogens is 1. The Bertz CT molecular complexity index is 394. The first kappa shape index (κ1) is 14.4. The summed E-state index contributed by atoms with van der Waals surface area (Å²) in [5, 5.41) is 3.52. The number of hydrogen-bond acceptors (Lipinski definition) is 2. The number of pyridine rings is 1. The number of rotatable bonds is 5. The summed E-state index contributed by atoms with van der Waals surface area (Å²) in [5.74, 6) is 1.59. The zero-order valence-electron chi connectivity index (χ0n) is 12.0. The highest BCUT2D eigenvalue weighted by Crippen LogP contribution is 2.40. The van der Waals surface area contributed by atoms with Crippen LogP contribution in [0.25, 0.3) is 0 Å². The quantitative estimate of drug-likeness (QED) is 0.819. The van der Waals surface area contributed by atoms with Gasteiger partial charge in [0, 0.05) is 6.20 Å². The molecule has 1 heterocycles. The van der Waals surface area contributed by atoms with Crippen molar-refractivity contribution in [2.75, 3.05) is 13.1 Å². The van der Waals surface area contributed by atoms with Crippen molar-refractivity contribution in [1.29, 1.82) is 0 Å². The summed E-state index contributed by atoms with van der Waals surface area (Å²) in [5.41, 5.74) is 1.08. The Morgan fingerprint density at radius 3 is 2.95 bits per heavy atom. The van der Waals surface area contributed by atoms with Crippen LogP contribution >= 0.6 is 0 Å². The van der Waals surface area contributed by atoms with Crippen molar-refractivity contribution in [3.8, 4) is 0 Å². The first-order valence-corrected chi connectivity index (χ1v) is 7.51. The van der Waals surface area contributed by atoms with Crippen molar-refractivity contribution in [3.05, 3.63) is 29.8 Å². The summed E-state index contributed by atoms with van der Waals surface area (Å²) in [6.45, 7) is 6.60. The van der Waals surface area contributed by atoms with Crippen molar-refractivity contribution in [3.63, 3.8) is 0 Å². The number of nitrogens with one attached hydrogen (secondary N) is 1. The van der Waals surface area contributed by atoms with Crippen LogP contribution in [0.1, 0.15) is 51.0 Å². The van der Waals surface area contributed by atoms with Gasteiger partial charge >= 0.3 is 0 Å². The van der Waals surface area contributed by atoms with Crippen molar-refractivity contribution in [1.82, 2.24) is 10.3 Å². The van der Waals surface area contributed by atoms with E-state index in [0.717, 1.165) is 37.4 Å². The lowest BCUT2D eigenvalue weighted by Gasteiger charge is -2.35. The van der Waals surface area contributed by atoms with Crippen LogP contribution in [0.3, 0.4) is 0 Å². The molecule has 3 atom stereocenters. The molecule has 1 aliphatic carbocycles. The normalized spacial score (nSPS) is 27.4. The van der Waals surface area contributed by atoms with Crippen LogP contribution in [0.4, 0.5) is 4.39 Å². The molecule has 106 valence electrons. The van der Waals surface area contributed by atoms with E-state index in [2.05, 4.69) is 24.1 Å². The highest BCUT2D eigenvalue weighted by atomic mass is 19.1. The predicted molar refractivity (Wildman–Crippen MR) is 76.6 cm³/mol. The molecule has 1 aromatic rings. The molecular weight excluding hydrogens is 239 g/mol. The van der Waals surface area contributed by atoms with Gasteiger partial charge in [-0.25, -0.2) is 4.39 Å². The SMILES string of the molecule is CCCNCC1CCC(C)CC1c1cncc(F)c1. The topological polar surface area (TPSA) is 24.9 Å². The van der Waals surface area contributed by atoms with E-state index in [1.165, 1.54) is 19.0 Å². The largest absolute Gasteiger partial charge is 0.316 e. The monoisotopic (exact) mass is 264 g/mol. The summed E-state index contributed by atoms with van der Waals surface area (Å²) >= 11 is 0. The second-order valence-corrected chi connectivity index (χ2v) is 5.93. The minimum absolute atomic E-state index is 0.212. The molecule has 1 saturated carbocycles. The van der Waals surface area contributed by atoms with Crippen LogP contribution < -0.4 is 5.32 Å². The van der Waals surface area contributed by atoms with Crippen molar-refractivity contribution in [2.45, 2.75) is 45.4 Å². The molecule has 0 bridgehead atoms. The molecule has 0 saturated heterocycles. The van der Waals surface area contributed by atoms with Gasteiger partial charge in [-0.3, -0.25) is 4.98 Å². The van der Waals surface area contributed by atoms with Gasteiger partial charge in [-0.15, -0.1) is 0 Å². The van der Waals surface area contributed by atoms with Crippen LogP contribution in [0.2, 0.25) is 0 Å². The Balaban J connectivity index is 2.07. The van der Waals surface area contributed by atoms with Gasteiger partial charge in [-0.05, 0) is 61.7 Å². The van der Waals surface area contributed by atoms with Crippen LogP contribution in [0.5, 0.6) is 0 Å². The summed E-state index contributed by atoms with van der Waals surface area (Å²) in [4.78, 5) is 4.02. The standard InChI is InChI=1S/C16H25FN2/c1-3-6-18-9-13-5-4-12(2)7-16(13)14-8-15(17)11-19-10-14/h8,10-13,16,18H,3-7,9H2,1-2H3. The minimum atomic E-state index is -0.212. The van der Waals surface area contributed by atoms with Gasteiger partial charge in [-0.2, -0.15) is 0 Å². The minimum Gasteiger partial charge on any atom is -0.316 e. The lowest BCUT2D eigenvalue weighted by Crippen LogP contribution is -2.32. The van der Waals surface area contributed by atoms with E-state index in [9.17, 15) is 4.39 Å². The second-order valence-electron chi connectivity index (χ2n) is 5.93. The molecule has 1 fully saturated rings. The average Bonchev–Trinajstić information content (AvgIpc) is 2.40. The fourth-order valence-corrected chi connectivity index (χ4v) is 3.19. The molecule has 0 amide bonds. The fraction of sp³-hybridized carbons (Fsp3) is 0.688. The van der Waals surface area contributed by atoms with E-state index in [-0.39, 0.29) is 5.82 Å². The second kappa shape index (κ2) is 6.99. The molecule has 2 rings (SSSR count). The summed E-state index contributed by atoms with van der Waals surface area (Å²) in [6.07, 6.45) is 7.98.